The fraction of sp³-hybridized carbons (Fsp3) is 0.182. The Morgan fingerprint density at radius 2 is 1.78 bits per heavy atom. The van der Waals surface area contributed by atoms with Crippen LogP contribution in [0.5, 0.6) is 0 Å². The number of rotatable bonds is 4. The molecule has 2 N–H and O–H groups in total. The molecule has 1 amide bonds. The summed E-state index contributed by atoms with van der Waals surface area (Å²) >= 11 is 1.78. The summed E-state index contributed by atoms with van der Waals surface area (Å²) in [4.78, 5) is 21.9. The van der Waals surface area contributed by atoms with Gasteiger partial charge >= 0.3 is 0 Å². The van der Waals surface area contributed by atoms with E-state index >= 15 is 0 Å². The minimum atomic E-state index is -1.14. The lowest BCUT2D eigenvalue weighted by Crippen LogP contribution is -2.41. The van der Waals surface area contributed by atoms with E-state index in [1.807, 2.05) is 42.5 Å². The molecule has 2 aromatic carbocycles. The summed E-state index contributed by atoms with van der Waals surface area (Å²) in [6, 6.07) is 22.0. The smallest absolute Gasteiger partial charge is 0.266 e. The van der Waals surface area contributed by atoms with E-state index < -0.39 is 5.54 Å². The normalized spacial score (nSPS) is 19.4. The monoisotopic (exact) mass is 375 g/mol. The third-order valence-corrected chi connectivity index (χ3v) is 6.29. The number of guanidine groups is 1. The van der Waals surface area contributed by atoms with Crippen LogP contribution in [0.25, 0.3) is 10.4 Å². The third kappa shape index (κ3) is 2.75. The lowest BCUT2D eigenvalue weighted by molar-refractivity contribution is -0.129. The molecular weight excluding hydrogens is 354 g/mol. The summed E-state index contributed by atoms with van der Waals surface area (Å²) < 4.78 is 0. The van der Waals surface area contributed by atoms with Crippen molar-refractivity contribution in [1.82, 2.24) is 4.90 Å². The Kier molecular flexibility index (Phi) is 4.32. The van der Waals surface area contributed by atoms with E-state index in [9.17, 15) is 4.79 Å². The van der Waals surface area contributed by atoms with Crippen molar-refractivity contribution in [1.29, 1.82) is 0 Å². The zero-order chi connectivity index (χ0) is 19.0. The molecule has 4 nitrogen and oxygen atoms in total. The molecule has 136 valence electrons. The second kappa shape index (κ2) is 6.67. The highest BCUT2D eigenvalue weighted by Crippen LogP contribution is 2.41. The molecule has 1 atom stereocenters. The molecule has 1 aliphatic heterocycles. The fourth-order valence-corrected chi connectivity index (χ4v) is 4.43. The van der Waals surface area contributed by atoms with Crippen LogP contribution in [0.2, 0.25) is 0 Å². The molecule has 27 heavy (non-hydrogen) atoms. The van der Waals surface area contributed by atoms with Crippen LogP contribution in [0.1, 0.15) is 22.9 Å². The first-order chi connectivity index (χ1) is 13.1. The third-order valence-electron chi connectivity index (χ3n) is 5.01. The Balaban J connectivity index is 1.90. The largest absolute Gasteiger partial charge is 0.369 e. The van der Waals surface area contributed by atoms with E-state index in [-0.39, 0.29) is 11.9 Å². The van der Waals surface area contributed by atoms with Crippen molar-refractivity contribution in [2.45, 2.75) is 18.9 Å². The number of hydrogen-bond donors (Lipinski definition) is 1. The fourth-order valence-electron chi connectivity index (χ4n) is 3.48. The maximum absolute atomic E-state index is 13.3. The van der Waals surface area contributed by atoms with E-state index in [1.54, 1.807) is 18.4 Å². The molecule has 0 fully saturated rings. The summed E-state index contributed by atoms with van der Waals surface area (Å²) in [5.41, 5.74) is 7.64. The van der Waals surface area contributed by atoms with Crippen molar-refractivity contribution in [2.24, 2.45) is 10.7 Å². The minimum Gasteiger partial charge on any atom is -0.369 e. The van der Waals surface area contributed by atoms with E-state index in [2.05, 4.69) is 36.2 Å². The van der Waals surface area contributed by atoms with Crippen LogP contribution in [-0.2, 0) is 16.8 Å². The molecule has 0 bridgehead atoms. The zero-order valence-electron chi connectivity index (χ0n) is 15.3. The average Bonchev–Trinajstić information content (AvgIpc) is 3.28. The Bertz CT molecular complexity index is 1020. The maximum atomic E-state index is 13.3. The number of thiophene rings is 1. The predicted molar refractivity (Wildman–Crippen MR) is 111 cm³/mol. The molecule has 1 aromatic heterocycles. The average molecular weight is 375 g/mol. The number of carbonyl (C=O) groups excluding carboxylic acids is 1. The lowest BCUT2D eigenvalue weighted by Gasteiger charge is -2.26. The van der Waals surface area contributed by atoms with Crippen molar-refractivity contribution in [2.75, 3.05) is 7.05 Å². The Morgan fingerprint density at radius 3 is 2.41 bits per heavy atom. The van der Waals surface area contributed by atoms with Gasteiger partial charge in [0.15, 0.2) is 11.5 Å². The number of aryl methyl sites for hydroxylation is 1. The van der Waals surface area contributed by atoms with Crippen molar-refractivity contribution in [3.05, 3.63) is 82.7 Å². The molecular formula is C22H21N3OS. The van der Waals surface area contributed by atoms with Gasteiger partial charge in [0, 0.05) is 16.8 Å². The quantitative estimate of drug-likeness (QED) is 0.749. The molecule has 5 heteroatoms. The molecule has 3 aromatic rings. The molecule has 0 radical (unpaired) electrons. The topological polar surface area (TPSA) is 58.7 Å². The lowest BCUT2D eigenvalue weighted by atomic mass is 9.82. The van der Waals surface area contributed by atoms with Crippen LogP contribution in [0.4, 0.5) is 0 Å². The second-order valence-electron chi connectivity index (χ2n) is 6.61. The first-order valence-electron chi connectivity index (χ1n) is 8.95. The van der Waals surface area contributed by atoms with Gasteiger partial charge in [-0.3, -0.25) is 9.69 Å². The standard InChI is InChI=1S/C22H21N3OS/c1-3-18-12-13-19(27-18)15-8-7-11-17(14-15)22(16-9-5-4-6-10-16)20(26)25(2)21(23)24-22/h4-14H,3H2,1-2H3,(H2,23,24). The van der Waals surface area contributed by atoms with Gasteiger partial charge in [-0.25, -0.2) is 4.99 Å². The molecule has 0 saturated carbocycles. The SMILES string of the molecule is CCc1ccc(-c2cccc(C3(c4ccccc4)N=C(N)N(C)C3=O)c2)s1. The van der Waals surface area contributed by atoms with E-state index in [0.29, 0.717) is 0 Å². The highest BCUT2D eigenvalue weighted by atomic mass is 32.1. The van der Waals surface area contributed by atoms with E-state index in [0.717, 1.165) is 23.1 Å². The Labute approximate surface area is 163 Å². The Hall–Kier alpha value is -2.92. The van der Waals surface area contributed by atoms with Gasteiger partial charge in [-0.2, -0.15) is 0 Å². The summed E-state index contributed by atoms with van der Waals surface area (Å²) in [6.07, 6.45) is 1.02. The van der Waals surface area contributed by atoms with Crippen molar-refractivity contribution in [3.8, 4) is 10.4 Å². The summed E-state index contributed by atoms with van der Waals surface area (Å²) in [7, 11) is 1.67. The van der Waals surface area contributed by atoms with Crippen LogP contribution >= 0.6 is 11.3 Å². The second-order valence-corrected chi connectivity index (χ2v) is 7.78. The van der Waals surface area contributed by atoms with Gasteiger partial charge in [-0.05, 0) is 41.3 Å². The predicted octanol–water partition coefficient (Wildman–Crippen LogP) is 4.01. The summed E-state index contributed by atoms with van der Waals surface area (Å²) in [6.45, 7) is 2.15. The van der Waals surface area contributed by atoms with Gasteiger partial charge in [0.2, 0.25) is 0 Å². The maximum Gasteiger partial charge on any atom is 0.266 e. The number of likely N-dealkylation sites (N-methyl/N-ethyl adjacent to an activating group) is 1. The Morgan fingerprint density at radius 1 is 1.04 bits per heavy atom. The number of hydrogen-bond acceptors (Lipinski definition) is 4. The van der Waals surface area contributed by atoms with Gasteiger partial charge in [-0.1, -0.05) is 55.5 Å². The molecule has 0 aliphatic carbocycles. The van der Waals surface area contributed by atoms with E-state index in [1.165, 1.54) is 14.7 Å². The summed E-state index contributed by atoms with van der Waals surface area (Å²) in [5.74, 6) is 0.0995. The number of carbonyl (C=O) groups is 1. The van der Waals surface area contributed by atoms with Gasteiger partial charge < -0.3 is 5.73 Å². The molecule has 0 saturated heterocycles. The van der Waals surface area contributed by atoms with Crippen LogP contribution in [-0.4, -0.2) is 23.8 Å². The number of nitrogens with zero attached hydrogens (tertiary/aromatic N) is 2. The molecule has 2 heterocycles. The van der Waals surface area contributed by atoms with Crippen molar-refractivity contribution in [3.63, 3.8) is 0 Å². The highest BCUT2D eigenvalue weighted by Gasteiger charge is 2.49. The highest BCUT2D eigenvalue weighted by molar-refractivity contribution is 7.15. The number of amides is 1. The van der Waals surface area contributed by atoms with Gasteiger partial charge in [0.1, 0.15) is 0 Å². The van der Waals surface area contributed by atoms with Crippen LogP contribution in [0.3, 0.4) is 0 Å². The van der Waals surface area contributed by atoms with Gasteiger partial charge in [0.25, 0.3) is 5.91 Å². The minimum absolute atomic E-state index is 0.135. The molecule has 4 rings (SSSR count). The number of benzene rings is 2. The molecule has 1 unspecified atom stereocenters. The first-order valence-corrected chi connectivity index (χ1v) is 9.76. The zero-order valence-corrected chi connectivity index (χ0v) is 16.2. The van der Waals surface area contributed by atoms with Gasteiger partial charge in [0.05, 0.1) is 0 Å². The summed E-state index contributed by atoms with van der Waals surface area (Å²) in [5, 5.41) is 0. The first kappa shape index (κ1) is 17.5. The van der Waals surface area contributed by atoms with Crippen LogP contribution in [0.15, 0.2) is 71.7 Å². The van der Waals surface area contributed by atoms with Crippen molar-refractivity contribution >= 4 is 23.2 Å². The van der Waals surface area contributed by atoms with Crippen LogP contribution in [0, 0.1) is 0 Å². The number of nitrogens with two attached hydrogens (primary N) is 1. The van der Waals surface area contributed by atoms with Gasteiger partial charge in [-0.15, -0.1) is 11.3 Å². The van der Waals surface area contributed by atoms with Crippen molar-refractivity contribution < 1.29 is 4.79 Å². The van der Waals surface area contributed by atoms with Crippen LogP contribution < -0.4 is 5.73 Å². The van der Waals surface area contributed by atoms with E-state index in [4.69, 9.17) is 5.73 Å². The number of aliphatic imine (C=N–C) groups is 1. The molecule has 0 spiro atoms. The molecule has 1 aliphatic rings.